The van der Waals surface area contributed by atoms with Gasteiger partial charge in [0.25, 0.3) is 5.91 Å². The molecule has 1 aliphatic heterocycles. The third kappa shape index (κ3) is 3.01. The molecule has 1 aromatic rings. The summed E-state index contributed by atoms with van der Waals surface area (Å²) in [6.45, 7) is 4.77. The minimum atomic E-state index is -0.0700. The second-order valence-electron chi connectivity index (χ2n) is 5.06. The van der Waals surface area contributed by atoms with Crippen molar-refractivity contribution in [2.75, 3.05) is 6.54 Å². The number of phenols is 1. The highest BCUT2D eigenvalue weighted by Crippen LogP contribution is 2.17. The summed E-state index contributed by atoms with van der Waals surface area (Å²) in [5.41, 5.74) is 1.32. The largest absolute Gasteiger partial charge is 0.508 e. The summed E-state index contributed by atoms with van der Waals surface area (Å²) in [5, 5.41) is 15.8. The summed E-state index contributed by atoms with van der Waals surface area (Å²) < 4.78 is 0. The van der Waals surface area contributed by atoms with E-state index in [1.54, 1.807) is 25.1 Å². The molecule has 0 saturated carbocycles. The maximum absolute atomic E-state index is 12.0. The molecule has 0 aliphatic carbocycles. The Kier molecular flexibility index (Phi) is 3.87. The van der Waals surface area contributed by atoms with Gasteiger partial charge in [-0.2, -0.15) is 0 Å². The lowest BCUT2D eigenvalue weighted by molar-refractivity contribution is 0.0927. The van der Waals surface area contributed by atoms with Crippen molar-refractivity contribution >= 4 is 5.91 Å². The minimum Gasteiger partial charge on any atom is -0.508 e. The number of carbonyl (C=O) groups excluding carboxylic acids is 1. The predicted molar refractivity (Wildman–Crippen MR) is 70.8 cm³/mol. The van der Waals surface area contributed by atoms with E-state index >= 15 is 0 Å². The van der Waals surface area contributed by atoms with Gasteiger partial charge in [-0.25, -0.2) is 0 Å². The normalized spacial score (nSPS) is 23.7. The van der Waals surface area contributed by atoms with Crippen LogP contribution in [0.4, 0.5) is 0 Å². The molecule has 3 N–H and O–H groups in total. The standard InChI is InChI=1S/C14H20N2O2/c1-9-7-11(4-6-13(9)17)14(18)16-12-5-3-10(2)15-8-12/h4,6-7,10,12,15,17H,3,5,8H2,1-2H3,(H,16,18). The van der Waals surface area contributed by atoms with Crippen LogP contribution in [0.25, 0.3) is 0 Å². The van der Waals surface area contributed by atoms with Crippen molar-refractivity contribution in [1.29, 1.82) is 0 Å². The van der Waals surface area contributed by atoms with Gasteiger partial charge >= 0.3 is 0 Å². The molecule has 1 heterocycles. The Bertz CT molecular complexity index is 437. The second kappa shape index (κ2) is 5.40. The molecule has 2 rings (SSSR count). The fraction of sp³-hybridized carbons (Fsp3) is 0.500. The van der Waals surface area contributed by atoms with Crippen LogP contribution in [0.5, 0.6) is 5.75 Å². The Labute approximate surface area is 107 Å². The zero-order chi connectivity index (χ0) is 13.1. The molecule has 1 aliphatic rings. The van der Waals surface area contributed by atoms with Crippen LogP contribution < -0.4 is 10.6 Å². The predicted octanol–water partition coefficient (Wildman–Crippen LogP) is 1.57. The van der Waals surface area contributed by atoms with Gasteiger partial charge in [0.15, 0.2) is 0 Å². The van der Waals surface area contributed by atoms with Crippen molar-refractivity contribution in [2.45, 2.75) is 38.8 Å². The molecule has 0 spiro atoms. The van der Waals surface area contributed by atoms with E-state index in [2.05, 4.69) is 17.6 Å². The Hall–Kier alpha value is -1.55. The molecule has 0 radical (unpaired) electrons. The van der Waals surface area contributed by atoms with Crippen LogP contribution in [-0.2, 0) is 0 Å². The fourth-order valence-corrected chi connectivity index (χ4v) is 2.19. The number of carbonyl (C=O) groups is 1. The Balaban J connectivity index is 1.97. The van der Waals surface area contributed by atoms with Gasteiger partial charge in [-0.05, 0) is 50.5 Å². The molecule has 2 unspecified atom stereocenters. The van der Waals surface area contributed by atoms with Crippen molar-refractivity contribution in [3.63, 3.8) is 0 Å². The maximum atomic E-state index is 12.0. The van der Waals surface area contributed by atoms with E-state index in [-0.39, 0.29) is 17.7 Å². The van der Waals surface area contributed by atoms with E-state index < -0.39 is 0 Å². The molecule has 0 aromatic heterocycles. The van der Waals surface area contributed by atoms with Crippen molar-refractivity contribution in [3.8, 4) is 5.75 Å². The zero-order valence-electron chi connectivity index (χ0n) is 10.9. The second-order valence-corrected chi connectivity index (χ2v) is 5.06. The van der Waals surface area contributed by atoms with E-state index in [0.29, 0.717) is 11.6 Å². The molecule has 1 saturated heterocycles. The van der Waals surface area contributed by atoms with E-state index in [9.17, 15) is 9.90 Å². The lowest BCUT2D eigenvalue weighted by atomic mass is 10.0. The summed E-state index contributed by atoms with van der Waals surface area (Å²) >= 11 is 0. The molecule has 2 atom stereocenters. The lowest BCUT2D eigenvalue weighted by Crippen LogP contribution is -2.48. The van der Waals surface area contributed by atoms with Crippen molar-refractivity contribution in [2.24, 2.45) is 0 Å². The number of phenolic OH excluding ortho intramolecular Hbond substituents is 1. The molecular formula is C14H20N2O2. The number of benzene rings is 1. The molecular weight excluding hydrogens is 228 g/mol. The minimum absolute atomic E-state index is 0.0700. The quantitative estimate of drug-likeness (QED) is 0.744. The van der Waals surface area contributed by atoms with Gasteiger partial charge in [0.2, 0.25) is 0 Å². The highest BCUT2D eigenvalue weighted by atomic mass is 16.3. The number of rotatable bonds is 2. The van der Waals surface area contributed by atoms with Gasteiger partial charge in [-0.15, -0.1) is 0 Å². The smallest absolute Gasteiger partial charge is 0.251 e. The maximum Gasteiger partial charge on any atom is 0.251 e. The Morgan fingerprint density at radius 1 is 1.44 bits per heavy atom. The summed E-state index contributed by atoms with van der Waals surface area (Å²) in [6.07, 6.45) is 2.09. The van der Waals surface area contributed by atoms with Gasteiger partial charge in [-0.1, -0.05) is 0 Å². The molecule has 1 fully saturated rings. The van der Waals surface area contributed by atoms with Gasteiger partial charge < -0.3 is 15.7 Å². The number of hydrogen-bond acceptors (Lipinski definition) is 3. The van der Waals surface area contributed by atoms with Crippen molar-refractivity contribution in [1.82, 2.24) is 10.6 Å². The number of hydrogen-bond donors (Lipinski definition) is 3. The number of aryl methyl sites for hydroxylation is 1. The summed E-state index contributed by atoms with van der Waals surface area (Å²) in [6, 6.07) is 5.66. The topological polar surface area (TPSA) is 61.4 Å². The van der Waals surface area contributed by atoms with Crippen LogP contribution in [0.2, 0.25) is 0 Å². The Morgan fingerprint density at radius 3 is 2.83 bits per heavy atom. The summed E-state index contributed by atoms with van der Waals surface area (Å²) in [4.78, 5) is 12.0. The van der Waals surface area contributed by atoms with Gasteiger partial charge in [0.1, 0.15) is 5.75 Å². The van der Waals surface area contributed by atoms with E-state index in [4.69, 9.17) is 0 Å². The monoisotopic (exact) mass is 248 g/mol. The first-order valence-electron chi connectivity index (χ1n) is 6.40. The van der Waals surface area contributed by atoms with Gasteiger partial charge in [0, 0.05) is 24.2 Å². The number of piperidine rings is 1. The first-order valence-corrected chi connectivity index (χ1v) is 6.40. The first kappa shape index (κ1) is 12.9. The average molecular weight is 248 g/mol. The van der Waals surface area contributed by atoms with E-state index in [1.807, 2.05) is 0 Å². The van der Waals surface area contributed by atoms with Crippen LogP contribution >= 0.6 is 0 Å². The van der Waals surface area contributed by atoms with Crippen LogP contribution in [0, 0.1) is 6.92 Å². The van der Waals surface area contributed by atoms with Crippen molar-refractivity contribution in [3.05, 3.63) is 29.3 Å². The van der Waals surface area contributed by atoms with Gasteiger partial charge in [0.05, 0.1) is 0 Å². The van der Waals surface area contributed by atoms with E-state index in [1.165, 1.54) is 0 Å². The highest BCUT2D eigenvalue weighted by Gasteiger charge is 2.19. The summed E-state index contributed by atoms with van der Waals surface area (Å²) in [5.74, 6) is 0.152. The highest BCUT2D eigenvalue weighted by molar-refractivity contribution is 5.94. The SMILES string of the molecule is Cc1cc(C(=O)NC2CCC(C)NC2)ccc1O. The van der Waals surface area contributed by atoms with Crippen molar-refractivity contribution < 1.29 is 9.90 Å². The number of amides is 1. The van der Waals surface area contributed by atoms with Crippen LogP contribution in [-0.4, -0.2) is 29.6 Å². The lowest BCUT2D eigenvalue weighted by Gasteiger charge is -2.28. The van der Waals surface area contributed by atoms with E-state index in [0.717, 1.165) is 24.9 Å². The molecule has 4 heteroatoms. The number of aromatic hydroxyl groups is 1. The van der Waals surface area contributed by atoms with Crippen LogP contribution in [0.3, 0.4) is 0 Å². The van der Waals surface area contributed by atoms with Crippen LogP contribution in [0.1, 0.15) is 35.7 Å². The zero-order valence-corrected chi connectivity index (χ0v) is 10.9. The fourth-order valence-electron chi connectivity index (χ4n) is 2.19. The number of nitrogens with one attached hydrogen (secondary N) is 2. The summed E-state index contributed by atoms with van der Waals surface area (Å²) in [7, 11) is 0. The molecule has 1 amide bonds. The average Bonchev–Trinajstić information content (AvgIpc) is 2.35. The molecule has 0 bridgehead atoms. The molecule has 98 valence electrons. The van der Waals surface area contributed by atoms with Gasteiger partial charge in [-0.3, -0.25) is 4.79 Å². The first-order chi connectivity index (χ1) is 8.56. The third-order valence-corrected chi connectivity index (χ3v) is 3.46. The third-order valence-electron chi connectivity index (χ3n) is 3.46. The van der Waals surface area contributed by atoms with Crippen LogP contribution in [0.15, 0.2) is 18.2 Å². The Morgan fingerprint density at radius 2 is 2.22 bits per heavy atom. The molecule has 18 heavy (non-hydrogen) atoms. The molecule has 1 aromatic carbocycles. The molecule has 4 nitrogen and oxygen atoms in total.